The van der Waals surface area contributed by atoms with Gasteiger partial charge in [-0.3, -0.25) is 0 Å². The number of allylic oxidation sites excluding steroid dienone is 5. The van der Waals surface area contributed by atoms with Gasteiger partial charge in [0.1, 0.15) is 5.25 Å². The first-order valence-electron chi connectivity index (χ1n) is 7.97. The minimum Gasteiger partial charge on any atom is -0.243 e. The van der Waals surface area contributed by atoms with Gasteiger partial charge in [-0.15, -0.1) is 0 Å². The van der Waals surface area contributed by atoms with Crippen molar-refractivity contribution in [3.8, 4) is 0 Å². The van der Waals surface area contributed by atoms with Gasteiger partial charge >= 0.3 is 5.51 Å². The number of halogens is 13. The predicted molar refractivity (Wildman–Crippen MR) is 82.6 cm³/mol. The lowest BCUT2D eigenvalue weighted by atomic mass is 9.91. The summed E-state index contributed by atoms with van der Waals surface area (Å²) in [5.41, 5.74) is -10.1. The van der Waals surface area contributed by atoms with Crippen LogP contribution in [0.2, 0.25) is 0 Å². The molecule has 1 fully saturated rings. The summed E-state index contributed by atoms with van der Waals surface area (Å²) in [5, 5.41) is -4.23. The Morgan fingerprint density at radius 2 is 1.03 bits per heavy atom. The monoisotopic (exact) mass is 550 g/mol. The molecule has 5 unspecified atom stereocenters. The van der Waals surface area contributed by atoms with Crippen molar-refractivity contribution in [1.82, 2.24) is 0 Å². The standard InChI is InChI=1S/C14H7F13O4S2/c15-2-1(3(16)5(18)6(19)4(2)17)13(33(30,31)14(25,26)27)32(28,29)12-10(23)8(21)7(20)9(22)11(12)24/h2,7-12H/b13-1+. The summed E-state index contributed by atoms with van der Waals surface area (Å²) in [6.45, 7) is 0. The van der Waals surface area contributed by atoms with Gasteiger partial charge in [0.25, 0.3) is 9.84 Å². The van der Waals surface area contributed by atoms with Crippen molar-refractivity contribution in [2.75, 3.05) is 0 Å². The fourth-order valence-electron chi connectivity index (χ4n) is 2.95. The van der Waals surface area contributed by atoms with E-state index in [-0.39, 0.29) is 0 Å². The van der Waals surface area contributed by atoms with Gasteiger partial charge in [-0.1, -0.05) is 0 Å². The Morgan fingerprint density at radius 1 is 0.636 bits per heavy atom. The second kappa shape index (κ2) is 8.46. The van der Waals surface area contributed by atoms with Crippen LogP contribution in [-0.2, 0) is 19.7 Å². The third kappa shape index (κ3) is 4.03. The largest absolute Gasteiger partial charge is 0.502 e. The lowest BCUT2D eigenvalue weighted by Crippen LogP contribution is -2.59. The van der Waals surface area contributed by atoms with Crippen LogP contribution < -0.4 is 0 Å². The van der Waals surface area contributed by atoms with Crippen molar-refractivity contribution in [1.29, 1.82) is 0 Å². The van der Waals surface area contributed by atoms with Crippen LogP contribution in [0.15, 0.2) is 33.1 Å². The summed E-state index contributed by atoms with van der Waals surface area (Å²) < 4.78 is 221. The molecule has 0 aromatic carbocycles. The Balaban J connectivity index is 3.03. The van der Waals surface area contributed by atoms with Crippen LogP contribution >= 0.6 is 0 Å². The third-order valence-corrected chi connectivity index (χ3v) is 9.18. The lowest BCUT2D eigenvalue weighted by molar-refractivity contribution is -0.0477. The maximum atomic E-state index is 14.1. The van der Waals surface area contributed by atoms with E-state index in [4.69, 9.17) is 0 Å². The van der Waals surface area contributed by atoms with Crippen molar-refractivity contribution in [2.24, 2.45) is 0 Å². The molecule has 0 aromatic rings. The molecule has 19 heteroatoms. The highest BCUT2D eigenvalue weighted by atomic mass is 32.3. The molecule has 5 atom stereocenters. The minimum atomic E-state index is -7.74. The first-order chi connectivity index (χ1) is 14.7. The first kappa shape index (κ1) is 27.5. The zero-order valence-corrected chi connectivity index (χ0v) is 16.5. The van der Waals surface area contributed by atoms with Crippen LogP contribution in [0, 0.1) is 0 Å². The van der Waals surface area contributed by atoms with E-state index in [1.165, 1.54) is 0 Å². The van der Waals surface area contributed by atoms with Gasteiger partial charge in [-0.25, -0.2) is 60.7 Å². The zero-order chi connectivity index (χ0) is 26.0. The van der Waals surface area contributed by atoms with Gasteiger partial charge in [0.2, 0.25) is 0 Å². The molecule has 0 amide bonds. The van der Waals surface area contributed by atoms with Crippen LogP contribution in [-0.4, -0.2) is 64.6 Å². The van der Waals surface area contributed by atoms with E-state index in [1.807, 2.05) is 0 Å². The molecule has 2 aliphatic rings. The van der Waals surface area contributed by atoms with Gasteiger partial charge in [-0.05, 0) is 0 Å². The molecule has 0 bridgehead atoms. The summed E-state index contributed by atoms with van der Waals surface area (Å²) in [7, 11) is -14.9. The van der Waals surface area contributed by atoms with E-state index in [0.29, 0.717) is 0 Å². The molecule has 0 saturated heterocycles. The number of rotatable bonds is 3. The quantitative estimate of drug-likeness (QED) is 0.493. The van der Waals surface area contributed by atoms with Crippen LogP contribution in [0.25, 0.3) is 0 Å². The Hall–Kier alpha value is -1.79. The molecule has 0 aliphatic heterocycles. The van der Waals surface area contributed by atoms with Gasteiger partial charge in [-0.2, -0.15) is 13.2 Å². The molecular weight excluding hydrogens is 543 g/mol. The molecule has 0 aromatic heterocycles. The summed E-state index contributed by atoms with van der Waals surface area (Å²) in [4.78, 5) is 0. The maximum absolute atomic E-state index is 14.1. The Bertz CT molecular complexity index is 1120. The van der Waals surface area contributed by atoms with Gasteiger partial charge < -0.3 is 0 Å². The molecule has 33 heavy (non-hydrogen) atoms. The van der Waals surface area contributed by atoms with Gasteiger partial charge in [0.15, 0.2) is 74.4 Å². The predicted octanol–water partition coefficient (Wildman–Crippen LogP) is 4.27. The fraction of sp³-hybridized carbons (Fsp3) is 0.571. The minimum absolute atomic E-state index is 3.07. The third-order valence-electron chi connectivity index (χ3n) is 4.54. The second-order valence-corrected chi connectivity index (χ2v) is 10.7. The summed E-state index contributed by atoms with van der Waals surface area (Å²) in [5.74, 6) is -12.9. The summed E-state index contributed by atoms with van der Waals surface area (Å²) in [6, 6.07) is 0. The van der Waals surface area contributed by atoms with E-state index in [1.54, 1.807) is 0 Å². The normalized spacial score (nSPS) is 36.3. The van der Waals surface area contributed by atoms with E-state index < -0.39 is 101 Å². The number of hydrogen-bond donors (Lipinski definition) is 0. The molecule has 2 rings (SSSR count). The fourth-order valence-corrected chi connectivity index (χ4v) is 7.21. The summed E-state index contributed by atoms with van der Waals surface area (Å²) >= 11 is 0. The smallest absolute Gasteiger partial charge is 0.243 e. The average molecular weight is 550 g/mol. The maximum Gasteiger partial charge on any atom is 0.502 e. The van der Waals surface area contributed by atoms with Crippen LogP contribution in [0.1, 0.15) is 0 Å². The van der Waals surface area contributed by atoms with E-state index in [0.717, 1.165) is 0 Å². The van der Waals surface area contributed by atoms with Crippen molar-refractivity contribution in [3.05, 3.63) is 33.1 Å². The molecular formula is C14H7F13O4S2. The van der Waals surface area contributed by atoms with Crippen molar-refractivity contribution < 1.29 is 73.9 Å². The average Bonchev–Trinajstić information content (AvgIpc) is 2.69. The first-order valence-corrected chi connectivity index (χ1v) is 11.0. The Labute approximate surface area is 175 Å². The van der Waals surface area contributed by atoms with Crippen molar-refractivity contribution >= 4 is 19.7 Å². The molecule has 0 N–H and O–H groups in total. The SMILES string of the molecule is O=S(=O)(/C(=C1\C(F)=C(F)C(F)=C(F)C1F)S(=O)(=O)C(F)(F)F)C1C(F)C(F)C(F)C(F)C1F. The highest BCUT2D eigenvalue weighted by Gasteiger charge is 2.64. The molecule has 0 heterocycles. The highest BCUT2D eigenvalue weighted by Crippen LogP contribution is 2.48. The lowest BCUT2D eigenvalue weighted by Gasteiger charge is -2.36. The summed E-state index contributed by atoms with van der Waals surface area (Å²) in [6.07, 6.45) is -24.4. The molecule has 0 spiro atoms. The van der Waals surface area contributed by atoms with E-state index in [2.05, 4.69) is 0 Å². The van der Waals surface area contributed by atoms with Gasteiger partial charge in [0.05, 0.1) is 5.57 Å². The molecule has 1 saturated carbocycles. The van der Waals surface area contributed by atoms with E-state index >= 15 is 0 Å². The van der Waals surface area contributed by atoms with Crippen LogP contribution in [0.5, 0.6) is 0 Å². The molecule has 190 valence electrons. The zero-order valence-electron chi connectivity index (χ0n) is 14.9. The van der Waals surface area contributed by atoms with Gasteiger partial charge in [0, 0.05) is 0 Å². The Morgan fingerprint density at radius 3 is 1.42 bits per heavy atom. The number of hydrogen-bond acceptors (Lipinski definition) is 4. The molecule has 2 aliphatic carbocycles. The molecule has 4 nitrogen and oxygen atoms in total. The van der Waals surface area contributed by atoms with Crippen molar-refractivity contribution in [2.45, 2.75) is 47.8 Å². The second-order valence-electron chi connectivity index (χ2n) is 6.53. The number of sulfone groups is 2. The highest BCUT2D eigenvalue weighted by molar-refractivity contribution is 8.15. The Kier molecular flexibility index (Phi) is 7.04. The van der Waals surface area contributed by atoms with Crippen molar-refractivity contribution in [3.63, 3.8) is 0 Å². The van der Waals surface area contributed by atoms with Crippen LogP contribution in [0.4, 0.5) is 57.1 Å². The number of alkyl halides is 9. The topological polar surface area (TPSA) is 68.3 Å². The van der Waals surface area contributed by atoms with Crippen LogP contribution in [0.3, 0.4) is 0 Å². The van der Waals surface area contributed by atoms with E-state index in [9.17, 15) is 73.9 Å². The molecule has 0 radical (unpaired) electrons.